The maximum atomic E-state index is 12.4. The van der Waals surface area contributed by atoms with Crippen molar-refractivity contribution >= 4 is 20.2 Å². The lowest BCUT2D eigenvalue weighted by molar-refractivity contribution is -0.107. The van der Waals surface area contributed by atoms with Gasteiger partial charge in [-0.3, -0.25) is 8.37 Å². The molecule has 0 saturated carbocycles. The van der Waals surface area contributed by atoms with Gasteiger partial charge in [0.1, 0.15) is 24.4 Å². The van der Waals surface area contributed by atoms with Crippen LogP contribution in [0.1, 0.15) is 11.1 Å². The average Bonchev–Trinajstić information content (AvgIpc) is 2.75. The maximum absolute atomic E-state index is 12.4. The summed E-state index contributed by atoms with van der Waals surface area (Å²) in [6.07, 6.45) is -7.97. The molecule has 0 unspecified atom stereocenters. The van der Waals surface area contributed by atoms with Crippen LogP contribution >= 0.6 is 0 Å². The second-order valence-corrected chi connectivity index (χ2v) is 10.3. The Morgan fingerprint density at radius 1 is 0.656 bits per heavy atom. The highest BCUT2D eigenvalue weighted by molar-refractivity contribution is 7.87. The molecule has 4 N–H and O–H groups in total. The molecule has 0 amide bonds. The summed E-state index contributed by atoms with van der Waals surface area (Å²) in [5, 5.41) is 39.7. The lowest BCUT2D eigenvalue weighted by Gasteiger charge is -2.29. The van der Waals surface area contributed by atoms with Gasteiger partial charge in [0.2, 0.25) is 0 Å². The molecule has 0 bridgehead atoms. The van der Waals surface area contributed by atoms with Gasteiger partial charge in [-0.15, -0.1) is 0 Å². The summed E-state index contributed by atoms with van der Waals surface area (Å²) in [5.41, 5.74) is 1.58. The Labute approximate surface area is 186 Å². The number of aliphatic hydroxyl groups excluding tert-OH is 4. The number of hydrogen-bond donors (Lipinski definition) is 4. The van der Waals surface area contributed by atoms with Crippen molar-refractivity contribution in [2.45, 2.75) is 48.1 Å². The first-order chi connectivity index (χ1) is 14.9. The number of rotatable bonds is 11. The van der Waals surface area contributed by atoms with Crippen LogP contribution in [0.25, 0.3) is 0 Å². The van der Waals surface area contributed by atoms with Crippen LogP contribution in [0.5, 0.6) is 0 Å². The van der Waals surface area contributed by atoms with Gasteiger partial charge in [0.25, 0.3) is 20.2 Å². The fourth-order valence-corrected chi connectivity index (χ4v) is 4.84. The van der Waals surface area contributed by atoms with E-state index in [1.807, 2.05) is 0 Å². The van der Waals surface area contributed by atoms with Crippen molar-refractivity contribution in [2.75, 3.05) is 13.2 Å². The van der Waals surface area contributed by atoms with Crippen molar-refractivity contribution in [3.63, 3.8) is 0 Å². The van der Waals surface area contributed by atoms with Crippen molar-refractivity contribution in [1.29, 1.82) is 0 Å². The van der Waals surface area contributed by atoms with Crippen LogP contribution in [0.15, 0.2) is 58.3 Å². The Morgan fingerprint density at radius 2 is 0.938 bits per heavy atom. The Bertz CT molecular complexity index is 991. The quantitative estimate of drug-likeness (QED) is 0.311. The summed E-state index contributed by atoms with van der Waals surface area (Å²) in [6, 6.07) is 11.1. The van der Waals surface area contributed by atoms with Crippen LogP contribution in [0.2, 0.25) is 0 Å². The van der Waals surface area contributed by atoms with E-state index in [2.05, 4.69) is 0 Å². The van der Waals surface area contributed by atoms with E-state index < -0.39 is 57.9 Å². The highest BCUT2D eigenvalue weighted by Crippen LogP contribution is 2.21. The predicted molar refractivity (Wildman–Crippen MR) is 113 cm³/mol. The normalized spacial score (nSPS) is 16.3. The summed E-state index contributed by atoms with van der Waals surface area (Å²) in [5.74, 6) is 0. The van der Waals surface area contributed by atoms with Gasteiger partial charge in [0.15, 0.2) is 0 Å². The zero-order valence-corrected chi connectivity index (χ0v) is 19.0. The Balaban J connectivity index is 2.18. The molecule has 0 heterocycles. The summed E-state index contributed by atoms with van der Waals surface area (Å²) in [4.78, 5) is -0.500. The summed E-state index contributed by atoms with van der Waals surface area (Å²) in [7, 11) is -8.87. The topological polar surface area (TPSA) is 168 Å². The SMILES string of the molecule is Cc1ccc(S(=O)(=O)O[C@H](CO)[C@@H](O)[C@H](O)[C@@H](CO)OS(=O)(=O)c2ccc(C)cc2)cc1. The van der Waals surface area contributed by atoms with Gasteiger partial charge in [-0.05, 0) is 38.1 Å². The Kier molecular flexibility index (Phi) is 8.90. The molecule has 0 saturated heterocycles. The van der Waals surface area contributed by atoms with Gasteiger partial charge < -0.3 is 20.4 Å². The lowest BCUT2D eigenvalue weighted by Crippen LogP contribution is -2.50. The minimum Gasteiger partial charge on any atom is -0.394 e. The third-order valence-corrected chi connectivity index (χ3v) is 7.29. The molecule has 0 radical (unpaired) electrons. The Morgan fingerprint density at radius 3 is 1.19 bits per heavy atom. The second-order valence-electron chi connectivity index (χ2n) is 7.15. The van der Waals surface area contributed by atoms with Crippen LogP contribution in [0.3, 0.4) is 0 Å². The molecule has 0 aliphatic rings. The summed E-state index contributed by atoms with van der Waals surface area (Å²) in [6.45, 7) is 1.42. The zero-order valence-electron chi connectivity index (χ0n) is 17.4. The van der Waals surface area contributed by atoms with E-state index in [1.165, 1.54) is 48.5 Å². The minimum atomic E-state index is -4.43. The van der Waals surface area contributed by atoms with Crippen molar-refractivity contribution in [2.24, 2.45) is 0 Å². The van der Waals surface area contributed by atoms with Gasteiger partial charge in [0.05, 0.1) is 23.0 Å². The number of hydrogen-bond acceptors (Lipinski definition) is 10. The summed E-state index contributed by atoms with van der Waals surface area (Å²) >= 11 is 0. The van der Waals surface area contributed by atoms with E-state index in [1.54, 1.807) is 13.8 Å². The van der Waals surface area contributed by atoms with Crippen molar-refractivity contribution in [3.05, 3.63) is 59.7 Å². The molecule has 2 aromatic carbocycles. The van der Waals surface area contributed by atoms with Gasteiger partial charge in [-0.2, -0.15) is 16.8 Å². The van der Waals surface area contributed by atoms with Crippen molar-refractivity contribution in [3.8, 4) is 0 Å². The minimum absolute atomic E-state index is 0.250. The second kappa shape index (κ2) is 10.8. The predicted octanol–water partition coefficient (Wildman–Crippen LogP) is -0.142. The van der Waals surface area contributed by atoms with Crippen LogP contribution in [-0.4, -0.2) is 74.9 Å². The van der Waals surface area contributed by atoms with E-state index in [-0.39, 0.29) is 9.79 Å². The van der Waals surface area contributed by atoms with E-state index in [9.17, 15) is 37.3 Å². The molecule has 12 heteroatoms. The standard InChI is InChI=1S/C20H26O10S2/c1-13-3-7-15(8-4-13)31(25,26)29-17(11-21)19(23)20(24)18(12-22)30-32(27,28)16-9-5-14(2)6-10-16/h3-10,17-24H,11-12H2,1-2H3/t17-,18-,19-,20-/m1/s1. The molecule has 178 valence electrons. The summed E-state index contributed by atoms with van der Waals surface area (Å²) < 4.78 is 59.4. The van der Waals surface area contributed by atoms with E-state index in [4.69, 9.17) is 8.37 Å². The molecule has 0 aromatic heterocycles. The van der Waals surface area contributed by atoms with Gasteiger partial charge in [-0.1, -0.05) is 35.4 Å². The van der Waals surface area contributed by atoms with Crippen molar-refractivity contribution in [1.82, 2.24) is 0 Å². The molecule has 2 rings (SSSR count). The third kappa shape index (κ3) is 6.56. The molecular formula is C20H26O10S2. The highest BCUT2D eigenvalue weighted by Gasteiger charge is 2.38. The molecule has 4 atom stereocenters. The van der Waals surface area contributed by atoms with Gasteiger partial charge in [0, 0.05) is 0 Å². The molecule has 0 fully saturated rings. The first-order valence-electron chi connectivity index (χ1n) is 9.49. The monoisotopic (exact) mass is 490 g/mol. The third-order valence-electron chi connectivity index (χ3n) is 4.59. The highest BCUT2D eigenvalue weighted by atomic mass is 32.2. The molecule has 0 spiro atoms. The molecule has 0 aliphatic heterocycles. The van der Waals surface area contributed by atoms with E-state index in [0.717, 1.165) is 11.1 Å². The van der Waals surface area contributed by atoms with Gasteiger partial charge >= 0.3 is 0 Å². The maximum Gasteiger partial charge on any atom is 0.297 e. The van der Waals surface area contributed by atoms with Crippen LogP contribution in [0.4, 0.5) is 0 Å². The average molecular weight is 491 g/mol. The first kappa shape index (κ1) is 26.4. The van der Waals surface area contributed by atoms with E-state index >= 15 is 0 Å². The lowest BCUT2D eigenvalue weighted by atomic mass is 10.0. The number of benzene rings is 2. The zero-order chi connectivity index (χ0) is 24.1. The Hall–Kier alpha value is -1.90. The smallest absolute Gasteiger partial charge is 0.297 e. The fraction of sp³-hybridized carbons (Fsp3) is 0.400. The van der Waals surface area contributed by atoms with E-state index in [0.29, 0.717) is 0 Å². The molecule has 32 heavy (non-hydrogen) atoms. The van der Waals surface area contributed by atoms with Crippen LogP contribution in [-0.2, 0) is 28.6 Å². The van der Waals surface area contributed by atoms with Gasteiger partial charge in [-0.25, -0.2) is 0 Å². The largest absolute Gasteiger partial charge is 0.394 e. The molecular weight excluding hydrogens is 464 g/mol. The number of aryl methyl sites for hydroxylation is 2. The van der Waals surface area contributed by atoms with Crippen LogP contribution in [0, 0.1) is 13.8 Å². The van der Waals surface area contributed by atoms with Crippen LogP contribution < -0.4 is 0 Å². The first-order valence-corrected chi connectivity index (χ1v) is 12.3. The molecule has 2 aromatic rings. The molecule has 10 nitrogen and oxygen atoms in total. The van der Waals surface area contributed by atoms with Crippen molar-refractivity contribution < 1.29 is 45.6 Å². The fourth-order valence-electron chi connectivity index (χ4n) is 2.68. The molecule has 0 aliphatic carbocycles. The number of aliphatic hydroxyl groups is 4.